The Labute approximate surface area is 81.9 Å². The number of amides is 2. The second kappa shape index (κ2) is 6.71. The molecule has 0 fully saturated rings. The molecule has 0 rings (SSSR count). The van der Waals surface area contributed by atoms with Crippen molar-refractivity contribution >= 4 is 12.0 Å². The fraction of sp³-hybridized carbons (Fsp3) is 0.625. The molecule has 0 saturated carbocycles. The van der Waals surface area contributed by atoms with Crippen molar-refractivity contribution in [3.05, 3.63) is 0 Å². The number of carboxylic acid groups (broad SMARTS) is 1. The summed E-state index contributed by atoms with van der Waals surface area (Å²) in [5.41, 5.74) is 0. The van der Waals surface area contributed by atoms with Gasteiger partial charge in [-0.1, -0.05) is 0 Å². The van der Waals surface area contributed by atoms with E-state index < -0.39 is 12.1 Å². The second-order valence-electron chi connectivity index (χ2n) is 2.81. The number of hydrogen-bond acceptors (Lipinski definition) is 3. The topological polar surface area (TPSA) is 102 Å². The normalized spacial score (nSPS) is 11.1. The molecule has 0 bridgehead atoms. The third kappa shape index (κ3) is 6.91. The highest BCUT2D eigenvalue weighted by molar-refractivity contribution is 5.77. The molecule has 0 aromatic rings. The molecule has 0 radical (unpaired) electrons. The molecule has 1 atom stereocenters. The minimum absolute atomic E-state index is 0.0811. The molecule has 78 valence electrons. The van der Waals surface area contributed by atoms with E-state index in [1.165, 1.54) is 0 Å². The van der Waals surface area contributed by atoms with Crippen LogP contribution in [0.25, 0.3) is 0 Å². The van der Waals surface area contributed by atoms with Crippen molar-refractivity contribution in [2.75, 3.05) is 6.54 Å². The molecular weight excluding hydrogens is 186 g/mol. The van der Waals surface area contributed by atoms with Crippen LogP contribution in [-0.2, 0) is 4.79 Å². The molecule has 0 heterocycles. The monoisotopic (exact) mass is 199 g/mol. The quantitative estimate of drug-likeness (QED) is 0.545. The Morgan fingerprint density at radius 1 is 1.57 bits per heavy atom. The second-order valence-corrected chi connectivity index (χ2v) is 2.81. The van der Waals surface area contributed by atoms with Crippen molar-refractivity contribution < 1.29 is 14.7 Å². The third-order valence-electron chi connectivity index (χ3n) is 1.42. The fourth-order valence-electron chi connectivity index (χ4n) is 0.870. The molecule has 0 spiro atoms. The molecule has 1 unspecified atom stereocenters. The maximum absolute atomic E-state index is 11.1. The zero-order valence-electron chi connectivity index (χ0n) is 7.91. The molecule has 14 heavy (non-hydrogen) atoms. The van der Waals surface area contributed by atoms with E-state index in [1.54, 1.807) is 6.92 Å². The van der Waals surface area contributed by atoms with Gasteiger partial charge in [-0.15, -0.1) is 0 Å². The van der Waals surface area contributed by atoms with Crippen LogP contribution in [0.4, 0.5) is 4.79 Å². The van der Waals surface area contributed by atoms with Gasteiger partial charge in [0.2, 0.25) is 5.91 Å². The summed E-state index contributed by atoms with van der Waals surface area (Å²) in [5.74, 6) is -0.262. The standard InChI is InChI=1S/C8H13N3O3/c1-6(11-8(13)14)5-7(12)10-4-2-3-9/h6,11H,2,4-5H2,1H3,(H,10,12)(H,13,14). The highest BCUT2D eigenvalue weighted by Crippen LogP contribution is 1.90. The van der Waals surface area contributed by atoms with Gasteiger partial charge in [0, 0.05) is 19.0 Å². The number of carbonyl (C=O) groups is 2. The number of hydrogen-bond donors (Lipinski definition) is 3. The summed E-state index contributed by atoms with van der Waals surface area (Å²) >= 11 is 0. The molecule has 0 aliphatic heterocycles. The Kier molecular flexibility index (Phi) is 5.87. The summed E-state index contributed by atoms with van der Waals surface area (Å²) in [6, 6.07) is 1.46. The summed E-state index contributed by atoms with van der Waals surface area (Å²) in [5, 5.41) is 21.2. The van der Waals surface area contributed by atoms with Gasteiger partial charge in [-0.25, -0.2) is 4.79 Å². The SMILES string of the molecule is CC(CC(=O)NCCC#N)NC(=O)O. The van der Waals surface area contributed by atoms with E-state index in [9.17, 15) is 9.59 Å². The smallest absolute Gasteiger partial charge is 0.404 e. The Hall–Kier alpha value is -1.77. The molecule has 0 saturated heterocycles. The van der Waals surface area contributed by atoms with Gasteiger partial charge in [-0.3, -0.25) is 4.79 Å². The zero-order valence-corrected chi connectivity index (χ0v) is 7.91. The average molecular weight is 199 g/mol. The Bertz CT molecular complexity index is 247. The summed E-state index contributed by atoms with van der Waals surface area (Å²) in [6.07, 6.45) is -0.813. The molecule has 2 amide bonds. The molecule has 6 heteroatoms. The lowest BCUT2D eigenvalue weighted by molar-refractivity contribution is -0.121. The number of nitrogens with zero attached hydrogens (tertiary/aromatic N) is 1. The van der Waals surface area contributed by atoms with Gasteiger partial charge < -0.3 is 15.7 Å². The van der Waals surface area contributed by atoms with Crippen LogP contribution < -0.4 is 10.6 Å². The largest absolute Gasteiger partial charge is 0.465 e. The van der Waals surface area contributed by atoms with Crippen molar-refractivity contribution in [3.63, 3.8) is 0 Å². The number of carbonyl (C=O) groups excluding carboxylic acids is 1. The lowest BCUT2D eigenvalue weighted by Crippen LogP contribution is -2.36. The first kappa shape index (κ1) is 12.2. The van der Waals surface area contributed by atoms with Gasteiger partial charge >= 0.3 is 6.09 Å². The van der Waals surface area contributed by atoms with Gasteiger partial charge in [-0.05, 0) is 6.92 Å². The van der Waals surface area contributed by atoms with E-state index in [1.807, 2.05) is 6.07 Å². The van der Waals surface area contributed by atoms with E-state index in [4.69, 9.17) is 10.4 Å². The first-order valence-electron chi connectivity index (χ1n) is 4.19. The minimum atomic E-state index is -1.15. The molecule has 0 aromatic carbocycles. The minimum Gasteiger partial charge on any atom is -0.465 e. The zero-order chi connectivity index (χ0) is 11.0. The van der Waals surface area contributed by atoms with Crippen LogP contribution in [-0.4, -0.2) is 29.7 Å². The maximum Gasteiger partial charge on any atom is 0.404 e. The molecule has 0 aliphatic carbocycles. The highest BCUT2D eigenvalue weighted by Gasteiger charge is 2.09. The van der Waals surface area contributed by atoms with Crippen molar-refractivity contribution in [1.82, 2.24) is 10.6 Å². The van der Waals surface area contributed by atoms with Crippen LogP contribution in [0.2, 0.25) is 0 Å². The fourth-order valence-corrected chi connectivity index (χ4v) is 0.870. The number of rotatable bonds is 5. The van der Waals surface area contributed by atoms with Crippen molar-refractivity contribution in [2.45, 2.75) is 25.8 Å². The Morgan fingerprint density at radius 2 is 2.21 bits per heavy atom. The lowest BCUT2D eigenvalue weighted by atomic mass is 10.2. The van der Waals surface area contributed by atoms with Crippen LogP contribution in [0.3, 0.4) is 0 Å². The summed E-state index contributed by atoms with van der Waals surface area (Å²) in [7, 11) is 0. The van der Waals surface area contributed by atoms with Crippen molar-refractivity contribution in [3.8, 4) is 6.07 Å². The predicted molar refractivity (Wildman–Crippen MR) is 48.5 cm³/mol. The van der Waals surface area contributed by atoms with Crippen LogP contribution >= 0.6 is 0 Å². The van der Waals surface area contributed by atoms with Crippen molar-refractivity contribution in [1.29, 1.82) is 5.26 Å². The van der Waals surface area contributed by atoms with Crippen molar-refractivity contribution in [2.24, 2.45) is 0 Å². The van der Waals surface area contributed by atoms with Gasteiger partial charge in [0.15, 0.2) is 0 Å². The number of nitriles is 1. The highest BCUT2D eigenvalue weighted by atomic mass is 16.4. The van der Waals surface area contributed by atoms with Crippen LogP contribution in [0.5, 0.6) is 0 Å². The molecule has 0 aliphatic rings. The summed E-state index contributed by atoms with van der Waals surface area (Å²) in [6.45, 7) is 1.90. The van der Waals surface area contributed by atoms with Gasteiger partial charge in [0.05, 0.1) is 12.5 Å². The molecule has 3 N–H and O–H groups in total. The van der Waals surface area contributed by atoms with E-state index >= 15 is 0 Å². The Balaban J connectivity index is 3.61. The van der Waals surface area contributed by atoms with E-state index in [0.717, 1.165) is 0 Å². The summed E-state index contributed by atoms with van der Waals surface area (Å²) < 4.78 is 0. The predicted octanol–water partition coefficient (Wildman–Crippen LogP) is 0.0625. The van der Waals surface area contributed by atoms with Crippen LogP contribution in [0.15, 0.2) is 0 Å². The summed E-state index contributed by atoms with van der Waals surface area (Å²) in [4.78, 5) is 21.2. The molecule has 0 aromatic heterocycles. The first-order chi connectivity index (χ1) is 6.56. The maximum atomic E-state index is 11.1. The average Bonchev–Trinajstić information content (AvgIpc) is 2.02. The van der Waals surface area contributed by atoms with E-state index in [0.29, 0.717) is 6.54 Å². The molecule has 6 nitrogen and oxygen atoms in total. The van der Waals surface area contributed by atoms with E-state index in [2.05, 4.69) is 10.6 Å². The Morgan fingerprint density at radius 3 is 2.71 bits per heavy atom. The third-order valence-corrected chi connectivity index (χ3v) is 1.42. The van der Waals surface area contributed by atoms with Crippen LogP contribution in [0.1, 0.15) is 19.8 Å². The number of nitrogens with one attached hydrogen (secondary N) is 2. The van der Waals surface area contributed by atoms with Gasteiger partial charge in [0.25, 0.3) is 0 Å². The lowest BCUT2D eigenvalue weighted by Gasteiger charge is -2.10. The van der Waals surface area contributed by atoms with Crippen LogP contribution in [0, 0.1) is 11.3 Å². The molecular formula is C8H13N3O3. The first-order valence-corrected chi connectivity index (χ1v) is 4.19. The van der Waals surface area contributed by atoms with Gasteiger partial charge in [-0.2, -0.15) is 5.26 Å². The van der Waals surface area contributed by atoms with Gasteiger partial charge in [0.1, 0.15) is 0 Å². The van der Waals surface area contributed by atoms with E-state index in [-0.39, 0.29) is 18.7 Å².